The molecule has 0 aromatic heterocycles. The van der Waals surface area contributed by atoms with Crippen molar-refractivity contribution in [2.24, 2.45) is 5.41 Å². The van der Waals surface area contributed by atoms with Gasteiger partial charge >= 0.3 is 0 Å². The van der Waals surface area contributed by atoms with Crippen LogP contribution in [0, 0.1) is 5.41 Å². The second-order valence-corrected chi connectivity index (χ2v) is 5.80. The minimum Gasteiger partial charge on any atom is -0.364 e. The van der Waals surface area contributed by atoms with Gasteiger partial charge in [-0.25, -0.2) is 0 Å². The molecule has 0 saturated carbocycles. The van der Waals surface area contributed by atoms with Crippen LogP contribution in [0.2, 0.25) is 0 Å². The lowest BCUT2D eigenvalue weighted by Crippen LogP contribution is -2.42. The maximum Gasteiger partial charge on any atom is 0.101 e. The summed E-state index contributed by atoms with van der Waals surface area (Å²) in [5.74, 6) is 0. The first kappa shape index (κ1) is 10.5. The standard InChI is InChI=1S/C15H18N2/c1-15(2,3)14-16-11-8-4-6-10-7-5-9-12(17-14)13(10)11/h4-9,14,16-17H,1-3H3. The van der Waals surface area contributed by atoms with Gasteiger partial charge in [-0.1, -0.05) is 45.0 Å². The van der Waals surface area contributed by atoms with E-state index in [2.05, 4.69) is 67.8 Å². The summed E-state index contributed by atoms with van der Waals surface area (Å²) >= 11 is 0. The van der Waals surface area contributed by atoms with E-state index in [4.69, 9.17) is 0 Å². The van der Waals surface area contributed by atoms with Crippen LogP contribution in [0.3, 0.4) is 0 Å². The van der Waals surface area contributed by atoms with Crippen molar-refractivity contribution in [3.8, 4) is 0 Å². The summed E-state index contributed by atoms with van der Waals surface area (Å²) < 4.78 is 0. The summed E-state index contributed by atoms with van der Waals surface area (Å²) in [7, 11) is 0. The van der Waals surface area contributed by atoms with Gasteiger partial charge in [-0.2, -0.15) is 0 Å². The molecular weight excluding hydrogens is 208 g/mol. The van der Waals surface area contributed by atoms with Gasteiger partial charge in [0.05, 0.1) is 0 Å². The van der Waals surface area contributed by atoms with Gasteiger partial charge in [0.2, 0.25) is 0 Å². The lowest BCUT2D eigenvalue weighted by atomic mass is 9.90. The van der Waals surface area contributed by atoms with Gasteiger partial charge < -0.3 is 10.6 Å². The molecule has 88 valence electrons. The van der Waals surface area contributed by atoms with E-state index >= 15 is 0 Å². The molecule has 0 fully saturated rings. The van der Waals surface area contributed by atoms with E-state index in [0.717, 1.165) is 0 Å². The van der Waals surface area contributed by atoms with Crippen molar-refractivity contribution in [3.05, 3.63) is 36.4 Å². The topological polar surface area (TPSA) is 24.1 Å². The molecule has 0 bridgehead atoms. The average molecular weight is 226 g/mol. The van der Waals surface area contributed by atoms with Gasteiger partial charge in [-0.3, -0.25) is 0 Å². The number of nitrogens with one attached hydrogen (secondary N) is 2. The fraction of sp³-hybridized carbons (Fsp3) is 0.333. The number of hydrogen-bond acceptors (Lipinski definition) is 2. The molecule has 1 aliphatic rings. The Morgan fingerprint density at radius 2 is 1.41 bits per heavy atom. The maximum atomic E-state index is 3.59. The zero-order chi connectivity index (χ0) is 12.0. The zero-order valence-corrected chi connectivity index (χ0v) is 10.5. The van der Waals surface area contributed by atoms with E-state index in [9.17, 15) is 0 Å². The Kier molecular flexibility index (Phi) is 2.09. The highest BCUT2D eigenvalue weighted by Crippen LogP contribution is 2.37. The summed E-state index contributed by atoms with van der Waals surface area (Å²) in [6, 6.07) is 12.8. The van der Waals surface area contributed by atoms with Gasteiger partial charge in [-0.15, -0.1) is 0 Å². The minimum absolute atomic E-state index is 0.176. The Hall–Kier alpha value is -1.70. The smallest absolute Gasteiger partial charge is 0.101 e. The predicted molar refractivity (Wildman–Crippen MR) is 74.4 cm³/mol. The van der Waals surface area contributed by atoms with E-state index in [1.54, 1.807) is 0 Å². The Balaban J connectivity index is 2.17. The first-order valence-corrected chi connectivity index (χ1v) is 6.10. The van der Waals surface area contributed by atoms with Crippen molar-refractivity contribution in [1.29, 1.82) is 0 Å². The minimum atomic E-state index is 0.176. The predicted octanol–water partition coefficient (Wildman–Crippen LogP) is 4.05. The van der Waals surface area contributed by atoms with Crippen LogP contribution in [0.5, 0.6) is 0 Å². The first-order valence-electron chi connectivity index (χ1n) is 6.10. The van der Waals surface area contributed by atoms with Gasteiger partial charge in [0, 0.05) is 22.2 Å². The Bertz CT molecular complexity index is 526. The van der Waals surface area contributed by atoms with E-state index < -0.39 is 0 Å². The molecular formula is C15H18N2. The molecule has 1 heterocycles. The third kappa shape index (κ3) is 1.64. The van der Waals surface area contributed by atoms with Crippen LogP contribution in [0.1, 0.15) is 20.8 Å². The first-order chi connectivity index (χ1) is 8.05. The summed E-state index contributed by atoms with van der Waals surface area (Å²) in [5.41, 5.74) is 2.64. The molecule has 1 aliphatic heterocycles. The average Bonchev–Trinajstić information content (AvgIpc) is 2.28. The van der Waals surface area contributed by atoms with Crippen molar-refractivity contribution in [3.63, 3.8) is 0 Å². The van der Waals surface area contributed by atoms with Crippen molar-refractivity contribution < 1.29 is 0 Å². The van der Waals surface area contributed by atoms with Gasteiger partial charge in [0.25, 0.3) is 0 Å². The van der Waals surface area contributed by atoms with Crippen LogP contribution in [-0.4, -0.2) is 6.17 Å². The van der Waals surface area contributed by atoms with Gasteiger partial charge in [0.15, 0.2) is 0 Å². The molecule has 3 rings (SSSR count). The highest BCUT2D eigenvalue weighted by Gasteiger charge is 2.28. The lowest BCUT2D eigenvalue weighted by molar-refractivity contribution is 0.366. The highest BCUT2D eigenvalue weighted by molar-refractivity contribution is 6.04. The van der Waals surface area contributed by atoms with Crippen LogP contribution < -0.4 is 10.6 Å². The SMILES string of the molecule is CC(C)(C)C1Nc2cccc3cccc(c23)N1. The molecule has 2 aromatic rings. The molecule has 0 spiro atoms. The summed E-state index contributed by atoms with van der Waals surface area (Å²) in [6.07, 6.45) is 0.267. The largest absolute Gasteiger partial charge is 0.364 e. The number of rotatable bonds is 0. The van der Waals surface area contributed by atoms with Crippen molar-refractivity contribution >= 4 is 22.1 Å². The number of benzene rings is 2. The molecule has 2 aromatic carbocycles. The second-order valence-electron chi connectivity index (χ2n) is 5.80. The van der Waals surface area contributed by atoms with Gasteiger partial charge in [-0.05, 0) is 17.5 Å². The number of anilines is 2. The van der Waals surface area contributed by atoms with Crippen molar-refractivity contribution in [2.45, 2.75) is 26.9 Å². The van der Waals surface area contributed by atoms with Gasteiger partial charge in [0.1, 0.15) is 6.17 Å². The van der Waals surface area contributed by atoms with Crippen LogP contribution >= 0.6 is 0 Å². The van der Waals surface area contributed by atoms with Crippen LogP contribution in [0.4, 0.5) is 11.4 Å². The molecule has 0 saturated heterocycles. The fourth-order valence-electron chi connectivity index (χ4n) is 2.36. The molecule has 0 unspecified atom stereocenters. The van der Waals surface area contributed by atoms with Crippen molar-refractivity contribution in [2.75, 3.05) is 10.6 Å². The van der Waals surface area contributed by atoms with E-state index in [-0.39, 0.29) is 11.6 Å². The van der Waals surface area contributed by atoms with E-state index in [0.29, 0.717) is 0 Å². The Morgan fingerprint density at radius 3 is 1.88 bits per heavy atom. The Labute approximate surface area is 102 Å². The molecule has 2 heteroatoms. The normalized spacial score (nSPS) is 15.5. The van der Waals surface area contributed by atoms with Crippen LogP contribution in [-0.2, 0) is 0 Å². The second kappa shape index (κ2) is 3.39. The number of hydrogen-bond donors (Lipinski definition) is 2. The summed E-state index contributed by atoms with van der Waals surface area (Å²) in [4.78, 5) is 0. The van der Waals surface area contributed by atoms with Crippen molar-refractivity contribution in [1.82, 2.24) is 0 Å². The molecule has 0 atom stereocenters. The van der Waals surface area contributed by atoms with Crippen LogP contribution in [0.15, 0.2) is 36.4 Å². The fourth-order valence-corrected chi connectivity index (χ4v) is 2.36. The molecule has 0 radical (unpaired) electrons. The van der Waals surface area contributed by atoms with E-state index in [1.165, 1.54) is 22.1 Å². The zero-order valence-electron chi connectivity index (χ0n) is 10.5. The third-order valence-corrected chi connectivity index (χ3v) is 3.37. The Morgan fingerprint density at radius 1 is 0.882 bits per heavy atom. The molecule has 0 aliphatic carbocycles. The lowest BCUT2D eigenvalue weighted by Gasteiger charge is -2.37. The summed E-state index contributed by atoms with van der Waals surface area (Å²) in [6.45, 7) is 6.73. The molecule has 0 amide bonds. The highest BCUT2D eigenvalue weighted by atomic mass is 15.2. The third-order valence-electron chi connectivity index (χ3n) is 3.37. The molecule has 2 N–H and O–H groups in total. The van der Waals surface area contributed by atoms with Crippen LogP contribution in [0.25, 0.3) is 10.8 Å². The van der Waals surface area contributed by atoms with E-state index in [1.807, 2.05) is 0 Å². The monoisotopic (exact) mass is 226 g/mol. The molecule has 17 heavy (non-hydrogen) atoms. The summed E-state index contributed by atoms with van der Waals surface area (Å²) in [5, 5.41) is 9.77. The quantitative estimate of drug-likeness (QED) is 0.708. The maximum absolute atomic E-state index is 3.59. The molecule has 2 nitrogen and oxygen atoms in total.